The second kappa shape index (κ2) is 6.35. The summed E-state index contributed by atoms with van der Waals surface area (Å²) in [5.41, 5.74) is 2.15. The number of aromatic nitrogens is 3. The third kappa shape index (κ3) is 3.27. The van der Waals surface area contributed by atoms with Crippen molar-refractivity contribution in [1.82, 2.24) is 15.0 Å². The SMILES string of the molecule is CC.Cc1cc(Cl)ccc1-n1cc(CF)nn1. The van der Waals surface area contributed by atoms with Crippen LogP contribution >= 0.6 is 11.6 Å². The standard InChI is InChI=1S/C10H9ClFN3.C2H6/c1-7-4-8(11)2-3-10(7)15-6-9(5-12)13-14-15;1-2/h2-4,6H,5H2,1H3;1-2H3. The van der Waals surface area contributed by atoms with Crippen molar-refractivity contribution in [2.75, 3.05) is 0 Å². The van der Waals surface area contributed by atoms with Crippen molar-refractivity contribution in [3.63, 3.8) is 0 Å². The van der Waals surface area contributed by atoms with Gasteiger partial charge in [0.1, 0.15) is 12.4 Å². The van der Waals surface area contributed by atoms with Crippen LogP contribution in [0.1, 0.15) is 25.1 Å². The van der Waals surface area contributed by atoms with E-state index in [4.69, 9.17) is 11.6 Å². The lowest BCUT2D eigenvalue weighted by atomic mass is 10.2. The van der Waals surface area contributed by atoms with Gasteiger partial charge in [-0.2, -0.15) is 0 Å². The van der Waals surface area contributed by atoms with Gasteiger partial charge in [-0.15, -0.1) is 5.10 Å². The fourth-order valence-corrected chi connectivity index (χ4v) is 1.58. The minimum atomic E-state index is -0.605. The fourth-order valence-electron chi connectivity index (χ4n) is 1.35. The van der Waals surface area contributed by atoms with Crippen LogP contribution in [0.2, 0.25) is 5.02 Å². The average Bonchev–Trinajstić information content (AvgIpc) is 2.80. The fraction of sp³-hybridized carbons (Fsp3) is 0.333. The van der Waals surface area contributed by atoms with E-state index in [1.165, 1.54) is 0 Å². The van der Waals surface area contributed by atoms with Crippen LogP contribution in [0.25, 0.3) is 5.69 Å². The predicted molar refractivity (Wildman–Crippen MR) is 67.3 cm³/mol. The molecular weight excluding hydrogens is 241 g/mol. The van der Waals surface area contributed by atoms with Crippen LogP contribution in [-0.4, -0.2) is 15.0 Å². The van der Waals surface area contributed by atoms with E-state index in [1.54, 1.807) is 16.9 Å². The average molecular weight is 256 g/mol. The minimum absolute atomic E-state index is 0.323. The number of alkyl halides is 1. The third-order valence-corrected chi connectivity index (χ3v) is 2.32. The zero-order valence-electron chi connectivity index (χ0n) is 10.1. The van der Waals surface area contributed by atoms with Crippen molar-refractivity contribution in [1.29, 1.82) is 0 Å². The molecule has 5 heteroatoms. The molecule has 0 saturated carbocycles. The summed E-state index contributed by atoms with van der Waals surface area (Å²) in [5, 5.41) is 8.18. The molecule has 0 unspecified atom stereocenters. The number of rotatable bonds is 2. The van der Waals surface area contributed by atoms with Gasteiger partial charge in [-0.3, -0.25) is 0 Å². The summed E-state index contributed by atoms with van der Waals surface area (Å²) >= 11 is 5.83. The Balaban J connectivity index is 0.000000686. The molecule has 0 amide bonds. The van der Waals surface area contributed by atoms with Gasteiger partial charge in [0.15, 0.2) is 0 Å². The van der Waals surface area contributed by atoms with Crippen molar-refractivity contribution in [2.45, 2.75) is 27.4 Å². The summed E-state index contributed by atoms with van der Waals surface area (Å²) in [5.74, 6) is 0. The highest BCUT2D eigenvalue weighted by Gasteiger charge is 2.05. The van der Waals surface area contributed by atoms with Crippen LogP contribution in [0.5, 0.6) is 0 Å². The summed E-state index contributed by atoms with van der Waals surface area (Å²) in [6.07, 6.45) is 1.57. The molecule has 0 spiro atoms. The molecule has 92 valence electrons. The molecule has 1 aromatic heterocycles. The highest BCUT2D eigenvalue weighted by molar-refractivity contribution is 6.30. The Morgan fingerprint density at radius 2 is 2.06 bits per heavy atom. The lowest BCUT2D eigenvalue weighted by Gasteiger charge is -2.04. The van der Waals surface area contributed by atoms with Gasteiger partial charge in [-0.05, 0) is 30.7 Å². The lowest BCUT2D eigenvalue weighted by Crippen LogP contribution is -1.97. The molecule has 0 saturated heterocycles. The molecule has 0 fully saturated rings. The Morgan fingerprint density at radius 1 is 1.35 bits per heavy atom. The van der Waals surface area contributed by atoms with Crippen molar-refractivity contribution >= 4 is 11.6 Å². The van der Waals surface area contributed by atoms with E-state index < -0.39 is 6.67 Å². The maximum Gasteiger partial charge on any atom is 0.135 e. The lowest BCUT2D eigenvalue weighted by molar-refractivity contribution is 0.475. The summed E-state index contributed by atoms with van der Waals surface area (Å²) in [6, 6.07) is 5.42. The van der Waals surface area contributed by atoms with Gasteiger partial charge in [-0.25, -0.2) is 9.07 Å². The summed E-state index contributed by atoms with van der Waals surface area (Å²) in [7, 11) is 0. The molecule has 3 nitrogen and oxygen atoms in total. The van der Waals surface area contributed by atoms with E-state index in [2.05, 4.69) is 10.3 Å². The van der Waals surface area contributed by atoms with Gasteiger partial charge < -0.3 is 0 Å². The highest BCUT2D eigenvalue weighted by Crippen LogP contribution is 2.18. The topological polar surface area (TPSA) is 30.7 Å². The molecule has 1 aromatic carbocycles. The normalized spacial score (nSPS) is 9.71. The summed E-state index contributed by atoms with van der Waals surface area (Å²) in [4.78, 5) is 0. The molecule has 17 heavy (non-hydrogen) atoms. The van der Waals surface area contributed by atoms with Crippen LogP contribution in [0.15, 0.2) is 24.4 Å². The van der Waals surface area contributed by atoms with Crippen LogP contribution in [-0.2, 0) is 6.67 Å². The number of nitrogens with zero attached hydrogens (tertiary/aromatic N) is 3. The molecule has 1 heterocycles. The largest absolute Gasteiger partial charge is 0.244 e. The Bertz CT molecular complexity index is 482. The first-order chi connectivity index (χ1) is 8.20. The molecular formula is C12H15ClFN3. The number of hydrogen-bond donors (Lipinski definition) is 0. The second-order valence-electron chi connectivity index (χ2n) is 3.22. The number of hydrogen-bond acceptors (Lipinski definition) is 2. The molecule has 0 atom stereocenters. The number of aryl methyl sites for hydroxylation is 1. The van der Waals surface area contributed by atoms with E-state index >= 15 is 0 Å². The van der Waals surface area contributed by atoms with E-state index in [0.29, 0.717) is 10.7 Å². The monoisotopic (exact) mass is 255 g/mol. The van der Waals surface area contributed by atoms with Gasteiger partial charge in [0.2, 0.25) is 0 Å². The Labute approximate surface area is 105 Å². The van der Waals surface area contributed by atoms with Crippen LogP contribution in [0, 0.1) is 6.92 Å². The van der Waals surface area contributed by atoms with E-state index in [-0.39, 0.29) is 0 Å². The molecule has 0 aliphatic rings. The van der Waals surface area contributed by atoms with E-state index in [1.807, 2.05) is 32.9 Å². The minimum Gasteiger partial charge on any atom is -0.244 e. The van der Waals surface area contributed by atoms with Gasteiger partial charge >= 0.3 is 0 Å². The van der Waals surface area contributed by atoms with Crippen LogP contribution in [0.4, 0.5) is 4.39 Å². The molecule has 0 radical (unpaired) electrons. The Morgan fingerprint density at radius 3 is 2.59 bits per heavy atom. The quantitative estimate of drug-likeness (QED) is 0.819. The first kappa shape index (κ1) is 13.6. The smallest absolute Gasteiger partial charge is 0.135 e. The van der Waals surface area contributed by atoms with Crippen LogP contribution in [0.3, 0.4) is 0 Å². The van der Waals surface area contributed by atoms with Crippen molar-refractivity contribution in [3.8, 4) is 5.69 Å². The van der Waals surface area contributed by atoms with E-state index in [0.717, 1.165) is 11.3 Å². The highest BCUT2D eigenvalue weighted by atomic mass is 35.5. The molecule has 2 aromatic rings. The predicted octanol–water partition coefficient (Wildman–Crippen LogP) is 3.72. The molecule has 0 bridgehead atoms. The van der Waals surface area contributed by atoms with Gasteiger partial charge in [0.25, 0.3) is 0 Å². The number of benzene rings is 1. The first-order valence-electron chi connectivity index (χ1n) is 5.44. The molecule has 0 aliphatic heterocycles. The summed E-state index contributed by atoms with van der Waals surface area (Å²) in [6.45, 7) is 5.31. The zero-order valence-corrected chi connectivity index (χ0v) is 10.9. The number of halogens is 2. The third-order valence-electron chi connectivity index (χ3n) is 2.08. The zero-order chi connectivity index (χ0) is 12.8. The van der Waals surface area contributed by atoms with Gasteiger partial charge in [0.05, 0.1) is 11.9 Å². The maximum atomic E-state index is 12.3. The van der Waals surface area contributed by atoms with Crippen molar-refractivity contribution in [2.24, 2.45) is 0 Å². The van der Waals surface area contributed by atoms with Gasteiger partial charge in [0, 0.05) is 5.02 Å². The summed E-state index contributed by atoms with van der Waals surface area (Å²) < 4.78 is 13.8. The van der Waals surface area contributed by atoms with Crippen LogP contribution < -0.4 is 0 Å². The molecule has 0 aliphatic carbocycles. The van der Waals surface area contributed by atoms with Gasteiger partial charge in [-0.1, -0.05) is 30.7 Å². The maximum absolute atomic E-state index is 12.3. The van der Waals surface area contributed by atoms with Crippen molar-refractivity contribution in [3.05, 3.63) is 40.7 Å². The Kier molecular flexibility index (Phi) is 5.10. The first-order valence-corrected chi connectivity index (χ1v) is 5.82. The Hall–Kier alpha value is -1.42. The van der Waals surface area contributed by atoms with Crippen molar-refractivity contribution < 1.29 is 4.39 Å². The molecule has 2 rings (SSSR count). The van der Waals surface area contributed by atoms with E-state index in [9.17, 15) is 4.39 Å². The second-order valence-corrected chi connectivity index (χ2v) is 3.66. The molecule has 0 N–H and O–H groups in total.